The molecule has 0 spiro atoms. The van der Waals surface area contributed by atoms with Gasteiger partial charge in [-0.1, -0.05) is 12.1 Å². The fraction of sp³-hybridized carbons (Fsp3) is 0.364. The lowest BCUT2D eigenvalue weighted by Gasteiger charge is -2.08. The van der Waals surface area contributed by atoms with Crippen LogP contribution in [-0.2, 0) is 16.1 Å². The summed E-state index contributed by atoms with van der Waals surface area (Å²) in [6.45, 7) is 0.336. The van der Waals surface area contributed by atoms with Gasteiger partial charge in [-0.05, 0) is 17.7 Å². The summed E-state index contributed by atoms with van der Waals surface area (Å²) in [5.41, 5.74) is 1.10. The second-order valence-corrected chi connectivity index (χ2v) is 3.47. The molecule has 0 bridgehead atoms. The maximum absolute atomic E-state index is 11.9. The molecule has 1 aromatic rings. The molecule has 1 rings (SSSR count). The number of alkyl halides is 3. The van der Waals surface area contributed by atoms with Gasteiger partial charge in [0.05, 0.1) is 6.61 Å². The lowest BCUT2D eigenvalue weighted by Crippen LogP contribution is -2.21. The molecule has 0 atom stereocenters. The van der Waals surface area contributed by atoms with Crippen LogP contribution in [0.15, 0.2) is 24.3 Å². The van der Waals surface area contributed by atoms with Crippen LogP contribution in [0.1, 0.15) is 12.0 Å². The molecule has 0 aliphatic carbocycles. The van der Waals surface area contributed by atoms with Gasteiger partial charge in [-0.2, -0.15) is 13.2 Å². The second kappa shape index (κ2) is 5.67. The van der Waals surface area contributed by atoms with Crippen molar-refractivity contribution in [1.29, 1.82) is 0 Å². The second-order valence-electron chi connectivity index (χ2n) is 3.47. The van der Waals surface area contributed by atoms with Gasteiger partial charge >= 0.3 is 6.18 Å². The van der Waals surface area contributed by atoms with Crippen molar-refractivity contribution in [2.75, 3.05) is 12.4 Å². The molecular formula is C11H12F3NO2. The molecule has 0 saturated heterocycles. The highest BCUT2D eigenvalue weighted by Crippen LogP contribution is 2.20. The average Bonchev–Trinajstić information content (AvgIpc) is 2.15. The number of ether oxygens (including phenoxy) is 1. The molecule has 1 amide bonds. The highest BCUT2D eigenvalue weighted by atomic mass is 19.4. The summed E-state index contributed by atoms with van der Waals surface area (Å²) in [5.74, 6) is -1.08. The number of nitrogens with one attached hydrogen (secondary N) is 1. The highest BCUT2D eigenvalue weighted by Gasteiger charge is 2.31. The third-order valence-electron chi connectivity index (χ3n) is 1.88. The molecule has 0 radical (unpaired) electrons. The summed E-state index contributed by atoms with van der Waals surface area (Å²) in [6, 6.07) is 6.48. The number of hydrogen-bond acceptors (Lipinski definition) is 2. The third-order valence-corrected chi connectivity index (χ3v) is 1.88. The number of halogens is 3. The van der Waals surface area contributed by atoms with Crippen LogP contribution in [0.5, 0.6) is 0 Å². The summed E-state index contributed by atoms with van der Waals surface area (Å²) in [6.07, 6.45) is -5.98. The zero-order chi connectivity index (χ0) is 12.9. The predicted molar refractivity (Wildman–Crippen MR) is 56.5 cm³/mol. The van der Waals surface area contributed by atoms with Crippen LogP contribution in [0.4, 0.5) is 18.9 Å². The number of methoxy groups -OCH3 is 1. The van der Waals surface area contributed by atoms with E-state index in [0.717, 1.165) is 5.56 Å². The van der Waals surface area contributed by atoms with E-state index in [9.17, 15) is 18.0 Å². The van der Waals surface area contributed by atoms with Crippen molar-refractivity contribution in [3.05, 3.63) is 29.8 Å². The minimum Gasteiger partial charge on any atom is -0.380 e. The molecule has 1 N–H and O–H groups in total. The van der Waals surface area contributed by atoms with Crippen molar-refractivity contribution >= 4 is 11.6 Å². The quantitative estimate of drug-likeness (QED) is 0.888. The van der Waals surface area contributed by atoms with E-state index in [1.807, 2.05) is 0 Å². The van der Waals surface area contributed by atoms with Crippen LogP contribution in [0.25, 0.3) is 0 Å². The first-order chi connectivity index (χ1) is 7.90. The van der Waals surface area contributed by atoms with Gasteiger partial charge in [0, 0.05) is 12.8 Å². The maximum Gasteiger partial charge on any atom is 0.397 e. The summed E-state index contributed by atoms with van der Waals surface area (Å²) < 4.78 is 40.7. The molecule has 0 fully saturated rings. The molecule has 0 aliphatic rings. The Morgan fingerprint density at radius 1 is 1.41 bits per heavy atom. The van der Waals surface area contributed by atoms with E-state index in [4.69, 9.17) is 4.74 Å². The fourth-order valence-corrected chi connectivity index (χ4v) is 1.29. The minimum absolute atomic E-state index is 0.328. The summed E-state index contributed by atoms with van der Waals surface area (Å²) in [5, 5.41) is 2.18. The highest BCUT2D eigenvalue weighted by molar-refractivity contribution is 5.91. The normalized spacial score (nSPS) is 11.3. The van der Waals surface area contributed by atoms with Crippen LogP contribution in [-0.4, -0.2) is 19.2 Å². The zero-order valence-corrected chi connectivity index (χ0v) is 9.17. The molecule has 0 saturated carbocycles. The fourth-order valence-electron chi connectivity index (χ4n) is 1.29. The average molecular weight is 247 g/mol. The Morgan fingerprint density at radius 2 is 2.12 bits per heavy atom. The number of carbonyl (C=O) groups is 1. The van der Waals surface area contributed by atoms with Gasteiger partial charge in [-0.15, -0.1) is 0 Å². The smallest absolute Gasteiger partial charge is 0.380 e. The Balaban J connectivity index is 2.62. The summed E-state index contributed by atoms with van der Waals surface area (Å²) >= 11 is 0. The Bertz CT molecular complexity index is 391. The van der Waals surface area contributed by atoms with Gasteiger partial charge in [-0.25, -0.2) is 0 Å². The third kappa shape index (κ3) is 5.35. The van der Waals surface area contributed by atoms with E-state index >= 15 is 0 Å². The molecule has 94 valence electrons. The maximum atomic E-state index is 11.9. The molecule has 0 heterocycles. The number of rotatable bonds is 4. The van der Waals surface area contributed by atoms with E-state index in [1.165, 1.54) is 13.2 Å². The minimum atomic E-state index is -4.49. The Hall–Kier alpha value is -1.56. The van der Waals surface area contributed by atoms with Gasteiger partial charge in [0.15, 0.2) is 0 Å². The lowest BCUT2D eigenvalue weighted by atomic mass is 10.2. The molecule has 0 unspecified atom stereocenters. The number of benzene rings is 1. The summed E-state index contributed by atoms with van der Waals surface area (Å²) in [7, 11) is 1.51. The van der Waals surface area contributed by atoms with E-state index in [2.05, 4.69) is 5.32 Å². The van der Waals surface area contributed by atoms with Crippen molar-refractivity contribution in [3.8, 4) is 0 Å². The number of hydrogen-bond donors (Lipinski definition) is 1. The van der Waals surface area contributed by atoms with E-state index in [0.29, 0.717) is 12.3 Å². The summed E-state index contributed by atoms with van der Waals surface area (Å²) in [4.78, 5) is 11.0. The van der Waals surface area contributed by atoms with Gasteiger partial charge in [0.1, 0.15) is 6.42 Å². The first kappa shape index (κ1) is 13.5. The van der Waals surface area contributed by atoms with E-state index < -0.39 is 18.5 Å². The van der Waals surface area contributed by atoms with Crippen molar-refractivity contribution in [2.45, 2.75) is 19.2 Å². The first-order valence-electron chi connectivity index (χ1n) is 4.85. The monoisotopic (exact) mass is 247 g/mol. The van der Waals surface area contributed by atoms with Gasteiger partial charge < -0.3 is 10.1 Å². The SMILES string of the molecule is COCc1cccc(NC(=O)CC(F)(F)F)c1. The van der Waals surface area contributed by atoms with Crippen LogP contribution in [0, 0.1) is 0 Å². The Kier molecular flexibility index (Phi) is 4.51. The molecule has 0 aromatic heterocycles. The van der Waals surface area contributed by atoms with Crippen molar-refractivity contribution < 1.29 is 22.7 Å². The van der Waals surface area contributed by atoms with Crippen molar-refractivity contribution in [1.82, 2.24) is 0 Å². The predicted octanol–water partition coefficient (Wildman–Crippen LogP) is 2.72. The van der Waals surface area contributed by atoms with Crippen LogP contribution < -0.4 is 5.32 Å². The number of carbonyl (C=O) groups excluding carboxylic acids is 1. The van der Waals surface area contributed by atoms with Crippen molar-refractivity contribution in [2.24, 2.45) is 0 Å². The molecular weight excluding hydrogens is 235 g/mol. The number of anilines is 1. The molecule has 17 heavy (non-hydrogen) atoms. The van der Waals surface area contributed by atoms with Crippen molar-refractivity contribution in [3.63, 3.8) is 0 Å². The largest absolute Gasteiger partial charge is 0.397 e. The number of amides is 1. The Morgan fingerprint density at radius 3 is 2.71 bits per heavy atom. The van der Waals surface area contributed by atoms with Crippen LogP contribution >= 0.6 is 0 Å². The zero-order valence-electron chi connectivity index (χ0n) is 9.17. The lowest BCUT2D eigenvalue weighted by molar-refractivity contribution is -0.150. The Labute approximate surface area is 96.6 Å². The van der Waals surface area contributed by atoms with Crippen LogP contribution in [0.3, 0.4) is 0 Å². The molecule has 1 aromatic carbocycles. The van der Waals surface area contributed by atoms with Gasteiger partial charge in [0.2, 0.25) is 5.91 Å². The van der Waals surface area contributed by atoms with Gasteiger partial charge in [-0.3, -0.25) is 4.79 Å². The molecule has 3 nitrogen and oxygen atoms in total. The first-order valence-corrected chi connectivity index (χ1v) is 4.85. The van der Waals surface area contributed by atoms with Crippen LogP contribution in [0.2, 0.25) is 0 Å². The van der Waals surface area contributed by atoms with E-state index in [-0.39, 0.29) is 0 Å². The van der Waals surface area contributed by atoms with E-state index in [1.54, 1.807) is 18.2 Å². The molecule has 6 heteroatoms. The standard InChI is InChI=1S/C11H12F3NO2/c1-17-7-8-3-2-4-9(5-8)15-10(16)6-11(12,13)14/h2-5H,6-7H2,1H3,(H,15,16). The topological polar surface area (TPSA) is 38.3 Å². The molecule has 0 aliphatic heterocycles. The van der Waals surface area contributed by atoms with Gasteiger partial charge in [0.25, 0.3) is 0 Å².